The highest BCUT2D eigenvalue weighted by Gasteiger charge is 2.18. The summed E-state index contributed by atoms with van der Waals surface area (Å²) in [6.45, 7) is 8.22. The molecule has 1 aromatic carbocycles. The average molecular weight is 432 g/mol. The monoisotopic (exact) mass is 431 g/mol. The molecule has 1 rings (SSSR count). The van der Waals surface area contributed by atoms with Crippen molar-refractivity contribution in [2.75, 3.05) is 0 Å². The fourth-order valence-electron chi connectivity index (χ4n) is 3.99. The second-order valence-corrected chi connectivity index (χ2v) is 9.32. The zero-order chi connectivity index (χ0) is 22.7. The lowest BCUT2D eigenvalue weighted by Crippen LogP contribution is -2.41. The summed E-state index contributed by atoms with van der Waals surface area (Å²) in [6, 6.07) is 8.40. The summed E-state index contributed by atoms with van der Waals surface area (Å²) >= 11 is 0. The van der Waals surface area contributed by atoms with E-state index in [9.17, 15) is 4.79 Å². The molecule has 0 heterocycles. The molecule has 0 saturated carbocycles. The van der Waals surface area contributed by atoms with Gasteiger partial charge in [-0.2, -0.15) is 0 Å². The van der Waals surface area contributed by atoms with Crippen molar-refractivity contribution in [2.24, 2.45) is 0 Å². The highest BCUT2D eigenvalue weighted by molar-refractivity contribution is 5.81. The van der Waals surface area contributed by atoms with Crippen LogP contribution in [0.15, 0.2) is 24.3 Å². The van der Waals surface area contributed by atoms with Crippen molar-refractivity contribution in [3.8, 4) is 5.75 Å². The molecule has 0 aliphatic heterocycles. The SMILES string of the molecule is CCCCCCCCCCCCCCCc1cccc(OC(CC)C(=O)NC(C)C)c1. The molecule has 31 heavy (non-hydrogen) atoms. The van der Waals surface area contributed by atoms with Crippen LogP contribution < -0.4 is 10.1 Å². The normalized spacial score (nSPS) is 12.2. The van der Waals surface area contributed by atoms with Gasteiger partial charge in [-0.3, -0.25) is 4.79 Å². The third-order valence-corrected chi connectivity index (χ3v) is 5.84. The van der Waals surface area contributed by atoms with E-state index in [1.54, 1.807) is 0 Å². The van der Waals surface area contributed by atoms with Crippen molar-refractivity contribution in [3.05, 3.63) is 29.8 Å². The number of hydrogen-bond donors (Lipinski definition) is 1. The van der Waals surface area contributed by atoms with E-state index < -0.39 is 6.10 Å². The van der Waals surface area contributed by atoms with Gasteiger partial charge in [0.25, 0.3) is 5.91 Å². The zero-order valence-electron chi connectivity index (χ0n) is 20.9. The van der Waals surface area contributed by atoms with Crippen LogP contribution in [0.25, 0.3) is 0 Å². The van der Waals surface area contributed by atoms with Crippen LogP contribution >= 0.6 is 0 Å². The van der Waals surface area contributed by atoms with Gasteiger partial charge in [-0.05, 0) is 50.8 Å². The van der Waals surface area contributed by atoms with E-state index in [1.807, 2.05) is 32.9 Å². The quantitative estimate of drug-likeness (QED) is 0.225. The number of carbonyl (C=O) groups excluding carboxylic acids is 1. The number of amides is 1. The van der Waals surface area contributed by atoms with Crippen molar-refractivity contribution in [3.63, 3.8) is 0 Å². The van der Waals surface area contributed by atoms with Crippen molar-refractivity contribution >= 4 is 5.91 Å². The maximum absolute atomic E-state index is 12.2. The molecule has 0 aliphatic carbocycles. The Labute approximate surface area is 192 Å². The second-order valence-electron chi connectivity index (χ2n) is 9.32. The summed E-state index contributed by atoms with van der Waals surface area (Å²) < 4.78 is 5.97. The van der Waals surface area contributed by atoms with Crippen LogP contribution in [0, 0.1) is 0 Å². The van der Waals surface area contributed by atoms with Gasteiger partial charge in [0.05, 0.1) is 0 Å². The lowest BCUT2D eigenvalue weighted by molar-refractivity contribution is -0.128. The summed E-state index contributed by atoms with van der Waals surface area (Å²) in [4.78, 5) is 12.2. The molecule has 1 atom stereocenters. The molecule has 0 spiro atoms. The summed E-state index contributed by atoms with van der Waals surface area (Å²) in [5.74, 6) is 0.775. The summed E-state index contributed by atoms with van der Waals surface area (Å²) in [7, 11) is 0. The number of aryl methyl sites for hydroxylation is 1. The topological polar surface area (TPSA) is 38.3 Å². The number of ether oxygens (including phenoxy) is 1. The van der Waals surface area contributed by atoms with E-state index in [0.717, 1.165) is 12.2 Å². The third kappa shape index (κ3) is 14.2. The summed E-state index contributed by atoms with van der Waals surface area (Å²) in [5, 5.41) is 2.94. The predicted molar refractivity (Wildman–Crippen MR) is 134 cm³/mol. The molecule has 1 amide bonds. The molecular formula is C28H49NO2. The molecule has 178 valence electrons. The number of nitrogens with one attached hydrogen (secondary N) is 1. The molecule has 1 N–H and O–H groups in total. The largest absolute Gasteiger partial charge is 0.481 e. The van der Waals surface area contributed by atoms with E-state index in [2.05, 4.69) is 24.4 Å². The van der Waals surface area contributed by atoms with E-state index in [1.165, 1.54) is 89.0 Å². The van der Waals surface area contributed by atoms with Crippen molar-refractivity contribution in [1.82, 2.24) is 5.32 Å². The molecule has 1 aromatic rings. The van der Waals surface area contributed by atoms with Crippen LogP contribution in [0.2, 0.25) is 0 Å². The number of hydrogen-bond acceptors (Lipinski definition) is 2. The Bertz CT molecular complexity index is 570. The lowest BCUT2D eigenvalue weighted by Gasteiger charge is -2.19. The van der Waals surface area contributed by atoms with Gasteiger partial charge in [0.2, 0.25) is 0 Å². The predicted octanol–water partition coefficient (Wildman–Crippen LogP) is 8.00. The first-order valence-corrected chi connectivity index (χ1v) is 13.1. The lowest BCUT2D eigenvalue weighted by atomic mass is 10.0. The summed E-state index contributed by atoms with van der Waals surface area (Å²) in [6.07, 6.45) is 19.3. The van der Waals surface area contributed by atoms with Gasteiger partial charge >= 0.3 is 0 Å². The van der Waals surface area contributed by atoms with E-state index >= 15 is 0 Å². The summed E-state index contributed by atoms with van der Waals surface area (Å²) in [5.41, 5.74) is 1.31. The van der Waals surface area contributed by atoms with E-state index in [-0.39, 0.29) is 11.9 Å². The number of unbranched alkanes of at least 4 members (excludes halogenated alkanes) is 12. The fraction of sp³-hybridized carbons (Fsp3) is 0.750. The minimum Gasteiger partial charge on any atom is -0.481 e. The Morgan fingerprint density at radius 2 is 1.39 bits per heavy atom. The maximum atomic E-state index is 12.2. The van der Waals surface area contributed by atoms with Crippen LogP contribution in [0.1, 0.15) is 123 Å². The highest BCUT2D eigenvalue weighted by Crippen LogP contribution is 2.19. The Hall–Kier alpha value is -1.51. The first kappa shape index (κ1) is 27.5. The van der Waals surface area contributed by atoms with Gasteiger partial charge in [-0.25, -0.2) is 0 Å². The van der Waals surface area contributed by atoms with Crippen LogP contribution in [-0.4, -0.2) is 18.1 Å². The Kier molecular flexibility index (Phi) is 16.1. The number of rotatable bonds is 19. The molecule has 0 aromatic heterocycles. The number of benzene rings is 1. The van der Waals surface area contributed by atoms with Crippen molar-refractivity contribution in [1.29, 1.82) is 0 Å². The Morgan fingerprint density at radius 1 is 0.839 bits per heavy atom. The number of carbonyl (C=O) groups is 1. The van der Waals surface area contributed by atoms with Gasteiger partial charge in [0.1, 0.15) is 5.75 Å². The molecule has 0 radical (unpaired) electrons. The maximum Gasteiger partial charge on any atom is 0.261 e. The first-order valence-electron chi connectivity index (χ1n) is 13.1. The van der Waals surface area contributed by atoms with E-state index in [4.69, 9.17) is 4.74 Å². The smallest absolute Gasteiger partial charge is 0.261 e. The molecule has 1 unspecified atom stereocenters. The van der Waals surface area contributed by atoms with Gasteiger partial charge in [0, 0.05) is 6.04 Å². The second kappa shape index (κ2) is 18.1. The molecular weight excluding hydrogens is 382 g/mol. The van der Waals surface area contributed by atoms with Gasteiger partial charge in [-0.15, -0.1) is 0 Å². The van der Waals surface area contributed by atoms with Crippen molar-refractivity contribution < 1.29 is 9.53 Å². The van der Waals surface area contributed by atoms with Crippen LogP contribution in [0.5, 0.6) is 5.75 Å². The van der Waals surface area contributed by atoms with Crippen molar-refractivity contribution in [2.45, 2.75) is 136 Å². The molecule has 0 aliphatic rings. The molecule has 0 bridgehead atoms. The highest BCUT2D eigenvalue weighted by atomic mass is 16.5. The Morgan fingerprint density at radius 3 is 1.90 bits per heavy atom. The first-order chi connectivity index (χ1) is 15.1. The van der Waals surface area contributed by atoms with Crippen LogP contribution in [-0.2, 0) is 11.2 Å². The molecule has 3 heteroatoms. The standard InChI is InChI=1S/C28H49NO2/c1-5-7-8-9-10-11-12-13-14-15-16-17-18-20-25-21-19-22-26(23-25)31-27(6-2)28(30)29-24(3)4/h19,21-24,27H,5-18,20H2,1-4H3,(H,29,30). The van der Waals surface area contributed by atoms with Gasteiger partial charge in [0.15, 0.2) is 6.10 Å². The zero-order valence-corrected chi connectivity index (χ0v) is 20.9. The van der Waals surface area contributed by atoms with Crippen LogP contribution in [0.3, 0.4) is 0 Å². The van der Waals surface area contributed by atoms with Gasteiger partial charge < -0.3 is 10.1 Å². The average Bonchev–Trinajstić information content (AvgIpc) is 2.75. The minimum absolute atomic E-state index is 0.0283. The molecule has 0 fully saturated rings. The minimum atomic E-state index is -0.422. The molecule has 0 saturated heterocycles. The third-order valence-electron chi connectivity index (χ3n) is 5.84. The van der Waals surface area contributed by atoms with Gasteiger partial charge in [-0.1, -0.05) is 103 Å². The van der Waals surface area contributed by atoms with E-state index in [0.29, 0.717) is 6.42 Å². The fourth-order valence-corrected chi connectivity index (χ4v) is 3.99. The van der Waals surface area contributed by atoms with Crippen LogP contribution in [0.4, 0.5) is 0 Å². The molecule has 3 nitrogen and oxygen atoms in total. The Balaban J connectivity index is 2.14.